The molecule has 0 saturated heterocycles. The number of sulfonamides is 1. The Labute approximate surface area is 127 Å². The molecule has 3 rings (SSSR count). The number of aromatic nitrogens is 2. The second kappa shape index (κ2) is 5.09. The third-order valence-electron chi connectivity index (χ3n) is 3.18. The first kappa shape index (κ1) is 14.0. The van der Waals surface area contributed by atoms with Crippen molar-refractivity contribution in [3.63, 3.8) is 0 Å². The highest BCUT2D eigenvalue weighted by atomic mass is 32.2. The van der Waals surface area contributed by atoms with Gasteiger partial charge in [0.25, 0.3) is 10.0 Å². The quantitative estimate of drug-likeness (QED) is 0.805. The van der Waals surface area contributed by atoms with E-state index in [2.05, 4.69) is 13.5 Å². The van der Waals surface area contributed by atoms with Crippen LogP contribution in [-0.4, -0.2) is 17.2 Å². The molecule has 3 aromatic rings. The average Bonchev–Trinajstić information content (AvgIpc) is 2.86. The topological polar surface area (TPSA) is 72.0 Å². The molecule has 0 unspecified atom stereocenters. The van der Waals surface area contributed by atoms with E-state index in [1.807, 2.05) is 19.9 Å². The van der Waals surface area contributed by atoms with E-state index in [0.717, 1.165) is 28.4 Å². The lowest BCUT2D eigenvalue weighted by molar-refractivity contribution is 0.601. The van der Waals surface area contributed by atoms with Crippen LogP contribution in [-0.2, 0) is 10.0 Å². The average molecular weight is 319 g/mol. The molecular formula is C14H13N3O2S2. The van der Waals surface area contributed by atoms with Crippen molar-refractivity contribution >= 4 is 38.5 Å². The summed E-state index contributed by atoms with van der Waals surface area (Å²) in [5.74, 6) is 0. The van der Waals surface area contributed by atoms with E-state index >= 15 is 0 Å². The van der Waals surface area contributed by atoms with Gasteiger partial charge in [-0.25, -0.2) is 8.42 Å². The number of hydrogen-bond donors (Lipinski definition) is 1. The summed E-state index contributed by atoms with van der Waals surface area (Å²) in [5.41, 5.74) is 3.81. The molecule has 108 valence electrons. The zero-order valence-corrected chi connectivity index (χ0v) is 13.1. The van der Waals surface area contributed by atoms with E-state index in [4.69, 9.17) is 0 Å². The van der Waals surface area contributed by atoms with Gasteiger partial charge in [-0.05, 0) is 43.7 Å². The Morgan fingerprint density at radius 2 is 1.62 bits per heavy atom. The van der Waals surface area contributed by atoms with E-state index in [-0.39, 0.29) is 4.90 Å². The largest absolute Gasteiger partial charge is 0.279 e. The van der Waals surface area contributed by atoms with E-state index in [0.29, 0.717) is 11.2 Å². The van der Waals surface area contributed by atoms with Gasteiger partial charge in [0.05, 0.1) is 22.3 Å². The van der Waals surface area contributed by atoms with E-state index in [1.54, 1.807) is 30.3 Å². The summed E-state index contributed by atoms with van der Waals surface area (Å²) in [6.07, 6.45) is 0. The number of rotatable bonds is 3. The summed E-state index contributed by atoms with van der Waals surface area (Å²) in [5, 5.41) is 0. The van der Waals surface area contributed by atoms with Crippen molar-refractivity contribution in [1.29, 1.82) is 0 Å². The molecule has 0 saturated carbocycles. The predicted molar refractivity (Wildman–Crippen MR) is 84.1 cm³/mol. The molecule has 0 aliphatic heterocycles. The molecule has 0 fully saturated rings. The van der Waals surface area contributed by atoms with Crippen molar-refractivity contribution in [2.45, 2.75) is 18.7 Å². The first-order valence-corrected chi connectivity index (χ1v) is 8.49. The smallest absolute Gasteiger partial charge is 0.261 e. The highest BCUT2D eigenvalue weighted by Gasteiger charge is 2.16. The fourth-order valence-corrected chi connectivity index (χ4v) is 3.60. The first-order chi connectivity index (χ1) is 9.95. The monoisotopic (exact) mass is 319 g/mol. The van der Waals surface area contributed by atoms with Gasteiger partial charge in [-0.15, -0.1) is 0 Å². The van der Waals surface area contributed by atoms with Gasteiger partial charge in [-0.2, -0.15) is 8.75 Å². The third kappa shape index (κ3) is 2.74. The van der Waals surface area contributed by atoms with Gasteiger partial charge >= 0.3 is 0 Å². The molecule has 1 aromatic heterocycles. The van der Waals surface area contributed by atoms with Crippen LogP contribution in [0.5, 0.6) is 0 Å². The molecule has 0 radical (unpaired) electrons. The van der Waals surface area contributed by atoms with Crippen molar-refractivity contribution in [3.8, 4) is 0 Å². The second-order valence-corrected chi connectivity index (χ2v) is 7.05. The lowest BCUT2D eigenvalue weighted by Crippen LogP contribution is -2.13. The lowest BCUT2D eigenvalue weighted by atomic mass is 10.2. The van der Waals surface area contributed by atoms with Crippen LogP contribution in [0.4, 0.5) is 5.69 Å². The Morgan fingerprint density at radius 1 is 1.00 bits per heavy atom. The number of benzene rings is 2. The molecule has 0 bridgehead atoms. The zero-order chi connectivity index (χ0) is 15.0. The SMILES string of the molecule is Cc1ccc(S(=O)(=O)Nc2cc3nsnc3cc2C)cc1. The van der Waals surface area contributed by atoms with Gasteiger partial charge in [0.2, 0.25) is 0 Å². The molecule has 1 heterocycles. The summed E-state index contributed by atoms with van der Waals surface area (Å²) in [6, 6.07) is 10.3. The molecular weight excluding hydrogens is 306 g/mol. The summed E-state index contributed by atoms with van der Waals surface area (Å²) in [7, 11) is -3.60. The highest BCUT2D eigenvalue weighted by molar-refractivity contribution is 7.92. The number of nitrogens with one attached hydrogen (secondary N) is 1. The van der Waals surface area contributed by atoms with Crippen molar-refractivity contribution in [1.82, 2.24) is 8.75 Å². The summed E-state index contributed by atoms with van der Waals surface area (Å²) in [4.78, 5) is 0.240. The molecule has 0 aliphatic rings. The fourth-order valence-electron chi connectivity index (χ4n) is 1.97. The van der Waals surface area contributed by atoms with Gasteiger partial charge in [-0.3, -0.25) is 4.72 Å². The molecule has 5 nitrogen and oxygen atoms in total. The molecule has 7 heteroatoms. The van der Waals surface area contributed by atoms with Crippen molar-refractivity contribution in [3.05, 3.63) is 47.5 Å². The molecule has 2 aromatic carbocycles. The Bertz CT molecular complexity index is 900. The van der Waals surface area contributed by atoms with Crippen LogP contribution in [0.2, 0.25) is 0 Å². The van der Waals surface area contributed by atoms with Crippen molar-refractivity contribution < 1.29 is 8.42 Å². The van der Waals surface area contributed by atoms with E-state index in [9.17, 15) is 8.42 Å². The molecule has 0 aliphatic carbocycles. The minimum absolute atomic E-state index is 0.240. The highest BCUT2D eigenvalue weighted by Crippen LogP contribution is 2.24. The van der Waals surface area contributed by atoms with Crippen LogP contribution >= 0.6 is 11.7 Å². The third-order valence-corrected chi connectivity index (χ3v) is 5.11. The summed E-state index contributed by atoms with van der Waals surface area (Å²) >= 11 is 1.11. The molecule has 0 amide bonds. The normalized spacial score (nSPS) is 11.7. The van der Waals surface area contributed by atoms with Crippen molar-refractivity contribution in [2.75, 3.05) is 4.72 Å². The molecule has 21 heavy (non-hydrogen) atoms. The second-order valence-electron chi connectivity index (χ2n) is 4.84. The van der Waals surface area contributed by atoms with Gasteiger partial charge in [0.1, 0.15) is 11.0 Å². The van der Waals surface area contributed by atoms with Crippen LogP contribution in [0, 0.1) is 13.8 Å². The molecule has 1 N–H and O–H groups in total. The molecule has 0 spiro atoms. The standard InChI is InChI=1S/C14H13N3O2S2/c1-9-3-5-11(6-4-9)21(18,19)17-12-8-14-13(7-10(12)2)15-20-16-14/h3-8,17H,1-2H3. The van der Waals surface area contributed by atoms with Crippen LogP contribution < -0.4 is 4.72 Å². The van der Waals surface area contributed by atoms with E-state index < -0.39 is 10.0 Å². The maximum absolute atomic E-state index is 12.4. The van der Waals surface area contributed by atoms with Gasteiger partial charge in [0.15, 0.2) is 0 Å². The first-order valence-electron chi connectivity index (χ1n) is 6.28. The number of hydrogen-bond acceptors (Lipinski definition) is 5. The maximum Gasteiger partial charge on any atom is 0.261 e. The van der Waals surface area contributed by atoms with Gasteiger partial charge in [-0.1, -0.05) is 17.7 Å². The molecule has 0 atom stereocenters. The number of aryl methyl sites for hydroxylation is 2. The zero-order valence-electron chi connectivity index (χ0n) is 11.5. The van der Waals surface area contributed by atoms with Gasteiger partial charge < -0.3 is 0 Å². The van der Waals surface area contributed by atoms with Gasteiger partial charge in [0, 0.05) is 0 Å². The number of fused-ring (bicyclic) bond motifs is 1. The fraction of sp³-hybridized carbons (Fsp3) is 0.143. The number of nitrogens with zero attached hydrogens (tertiary/aromatic N) is 2. The Hall–Kier alpha value is -1.99. The number of anilines is 1. The van der Waals surface area contributed by atoms with Crippen LogP contribution in [0.1, 0.15) is 11.1 Å². The van der Waals surface area contributed by atoms with Crippen LogP contribution in [0.15, 0.2) is 41.3 Å². The Kier molecular flexibility index (Phi) is 3.38. The summed E-state index contributed by atoms with van der Waals surface area (Å²) < 4.78 is 35.7. The predicted octanol–water partition coefficient (Wildman–Crippen LogP) is 3.11. The Balaban J connectivity index is 2.00. The minimum atomic E-state index is -3.60. The Morgan fingerprint density at radius 3 is 2.29 bits per heavy atom. The lowest BCUT2D eigenvalue weighted by Gasteiger charge is -2.10. The van der Waals surface area contributed by atoms with Crippen molar-refractivity contribution in [2.24, 2.45) is 0 Å². The van der Waals surface area contributed by atoms with Crippen LogP contribution in [0.25, 0.3) is 11.0 Å². The maximum atomic E-state index is 12.4. The van der Waals surface area contributed by atoms with Crippen LogP contribution in [0.3, 0.4) is 0 Å². The van der Waals surface area contributed by atoms with E-state index in [1.165, 1.54) is 0 Å². The minimum Gasteiger partial charge on any atom is -0.279 e. The summed E-state index contributed by atoms with van der Waals surface area (Å²) in [6.45, 7) is 3.75.